The van der Waals surface area contributed by atoms with E-state index in [1.54, 1.807) is 5.57 Å². The number of anilines is 1. The van der Waals surface area contributed by atoms with Gasteiger partial charge in [-0.05, 0) is 103 Å². The van der Waals surface area contributed by atoms with Gasteiger partial charge >= 0.3 is 0 Å². The molecular formula is C34H39NO2. The molecular weight excluding hydrogens is 454 g/mol. The van der Waals surface area contributed by atoms with Crippen molar-refractivity contribution in [3.63, 3.8) is 0 Å². The van der Waals surface area contributed by atoms with Crippen molar-refractivity contribution in [1.29, 1.82) is 0 Å². The minimum Gasteiger partial charge on any atom is -0.393 e. The smallest absolute Gasteiger partial charge is 0.156 e. The largest absolute Gasteiger partial charge is 0.393 e. The Kier molecular flexibility index (Phi) is 7.15. The molecule has 2 aromatic carbocycles. The van der Waals surface area contributed by atoms with Gasteiger partial charge in [-0.25, -0.2) is 0 Å². The number of hydrogen-bond acceptors (Lipinski definition) is 3. The molecule has 2 fully saturated rings. The van der Waals surface area contributed by atoms with E-state index >= 15 is 0 Å². The molecule has 3 heteroatoms. The standard InChI is InChI=1S/C26H33NO2.C8H6/c1-26-15-22(16-4-7-18(8-5-16)27(2)3)25-20-11-9-19(28)14-17(20)6-10-21(25)23(26)12-13-24(26)29;1-2-8-6-4-3-5-7-8/h4-5,7-8,14,21-24,29H,6,9-13,15H2,1-3H3;1,3-7H. The highest BCUT2D eigenvalue weighted by Gasteiger charge is 2.56. The summed E-state index contributed by atoms with van der Waals surface area (Å²) in [4.78, 5) is 14.2. The third-order valence-corrected chi connectivity index (χ3v) is 9.43. The molecule has 4 aliphatic carbocycles. The van der Waals surface area contributed by atoms with E-state index in [-0.39, 0.29) is 11.5 Å². The van der Waals surface area contributed by atoms with Crippen molar-refractivity contribution in [1.82, 2.24) is 0 Å². The molecule has 5 atom stereocenters. The first kappa shape index (κ1) is 25.6. The molecule has 5 unspecified atom stereocenters. The summed E-state index contributed by atoms with van der Waals surface area (Å²) in [7, 11) is 4.15. The topological polar surface area (TPSA) is 40.5 Å². The van der Waals surface area contributed by atoms with Crippen LogP contribution in [0.3, 0.4) is 0 Å². The van der Waals surface area contributed by atoms with Crippen LogP contribution in [-0.4, -0.2) is 31.1 Å². The van der Waals surface area contributed by atoms with E-state index in [1.165, 1.54) is 22.4 Å². The summed E-state index contributed by atoms with van der Waals surface area (Å²) in [6, 6.07) is 18.6. The van der Waals surface area contributed by atoms with Gasteiger partial charge in [0.15, 0.2) is 5.78 Å². The average Bonchev–Trinajstić information content (AvgIpc) is 3.22. The lowest BCUT2D eigenvalue weighted by molar-refractivity contribution is -0.114. The SMILES string of the molecule is C#Cc1ccccc1.CN(C)c1ccc(C2CC3(C)C(O)CCC3C3CCC4=CC(=O)CCC4=C23)cc1. The maximum atomic E-state index is 12.1. The number of hydrogen-bond donors (Lipinski definition) is 1. The van der Waals surface area contributed by atoms with E-state index in [2.05, 4.69) is 56.1 Å². The van der Waals surface area contributed by atoms with Crippen LogP contribution in [0.4, 0.5) is 5.69 Å². The van der Waals surface area contributed by atoms with Gasteiger partial charge in [0.1, 0.15) is 0 Å². The van der Waals surface area contributed by atoms with Gasteiger partial charge in [0.25, 0.3) is 0 Å². The second kappa shape index (κ2) is 10.3. The summed E-state index contributed by atoms with van der Waals surface area (Å²) in [5, 5.41) is 10.9. The number of allylic oxidation sites excluding steroid dienone is 4. The van der Waals surface area contributed by atoms with Gasteiger partial charge in [-0.1, -0.05) is 48.7 Å². The van der Waals surface area contributed by atoms with E-state index in [1.807, 2.05) is 36.4 Å². The van der Waals surface area contributed by atoms with Crippen molar-refractivity contribution in [3.05, 3.63) is 88.5 Å². The fraction of sp³-hybridized carbons (Fsp3) is 0.441. The van der Waals surface area contributed by atoms with E-state index in [0.29, 0.717) is 30.0 Å². The number of aliphatic hydroxyl groups excluding tert-OH is 1. The van der Waals surface area contributed by atoms with Gasteiger partial charge in [0, 0.05) is 37.7 Å². The Bertz CT molecular complexity index is 1250. The number of fused-ring (bicyclic) bond motifs is 4. The number of carbonyl (C=O) groups excluding carboxylic acids is 1. The van der Waals surface area contributed by atoms with Gasteiger partial charge in [0.05, 0.1) is 6.10 Å². The quantitative estimate of drug-likeness (QED) is 0.474. The molecule has 3 nitrogen and oxygen atoms in total. The molecule has 0 aliphatic heterocycles. The Labute approximate surface area is 222 Å². The van der Waals surface area contributed by atoms with Crippen LogP contribution in [0.5, 0.6) is 0 Å². The van der Waals surface area contributed by atoms with E-state index in [9.17, 15) is 9.90 Å². The molecule has 0 heterocycles. The fourth-order valence-corrected chi connectivity index (χ4v) is 7.47. The number of aliphatic hydroxyl groups is 1. The molecule has 0 amide bonds. The zero-order chi connectivity index (χ0) is 26.2. The molecule has 0 radical (unpaired) electrons. The molecule has 37 heavy (non-hydrogen) atoms. The van der Waals surface area contributed by atoms with Crippen LogP contribution in [0.15, 0.2) is 77.4 Å². The first-order valence-electron chi connectivity index (χ1n) is 13.8. The minimum atomic E-state index is -0.188. The van der Waals surface area contributed by atoms with Crippen molar-refractivity contribution in [2.24, 2.45) is 17.3 Å². The summed E-state index contributed by atoms with van der Waals surface area (Å²) in [5.74, 6) is 4.32. The lowest BCUT2D eigenvalue weighted by Gasteiger charge is -2.52. The molecule has 0 aromatic heterocycles. The Morgan fingerprint density at radius 1 is 0.973 bits per heavy atom. The highest BCUT2D eigenvalue weighted by atomic mass is 16.3. The lowest BCUT2D eigenvalue weighted by Crippen LogP contribution is -2.45. The average molecular weight is 494 g/mol. The molecule has 4 aliphatic rings. The number of benzene rings is 2. The molecule has 2 saturated carbocycles. The van der Waals surface area contributed by atoms with Gasteiger partial charge in [0.2, 0.25) is 0 Å². The minimum absolute atomic E-state index is 0.00527. The van der Waals surface area contributed by atoms with Crippen molar-refractivity contribution in [2.75, 3.05) is 19.0 Å². The predicted octanol–water partition coefficient (Wildman–Crippen LogP) is 6.68. The summed E-state index contributed by atoms with van der Waals surface area (Å²) in [6.07, 6.45) is 13.7. The van der Waals surface area contributed by atoms with E-state index in [4.69, 9.17) is 6.42 Å². The molecule has 0 bridgehead atoms. The van der Waals surface area contributed by atoms with Crippen molar-refractivity contribution in [3.8, 4) is 12.3 Å². The van der Waals surface area contributed by atoms with Crippen LogP contribution in [0.25, 0.3) is 0 Å². The van der Waals surface area contributed by atoms with Crippen molar-refractivity contribution < 1.29 is 9.90 Å². The van der Waals surface area contributed by atoms with Crippen LogP contribution in [0.1, 0.15) is 68.9 Å². The Hall–Kier alpha value is -3.09. The highest BCUT2D eigenvalue weighted by molar-refractivity contribution is 5.93. The van der Waals surface area contributed by atoms with Crippen LogP contribution in [0, 0.1) is 29.6 Å². The zero-order valence-corrected chi connectivity index (χ0v) is 22.4. The Balaban J connectivity index is 0.000000301. The van der Waals surface area contributed by atoms with Crippen molar-refractivity contribution in [2.45, 2.75) is 63.9 Å². The number of terminal acetylenes is 1. The van der Waals surface area contributed by atoms with Crippen LogP contribution >= 0.6 is 0 Å². The number of carbonyl (C=O) groups is 1. The highest BCUT2D eigenvalue weighted by Crippen LogP contribution is 2.63. The van der Waals surface area contributed by atoms with Crippen molar-refractivity contribution >= 4 is 11.5 Å². The summed E-state index contributed by atoms with van der Waals surface area (Å²) in [5.41, 5.74) is 7.95. The molecule has 0 saturated heterocycles. The third-order valence-electron chi connectivity index (χ3n) is 9.43. The first-order valence-corrected chi connectivity index (χ1v) is 13.8. The lowest BCUT2D eigenvalue weighted by atomic mass is 9.53. The number of rotatable bonds is 2. The maximum absolute atomic E-state index is 12.1. The number of nitrogens with zero attached hydrogens (tertiary/aromatic N) is 1. The van der Waals surface area contributed by atoms with Gasteiger partial charge in [-0.15, -0.1) is 6.42 Å². The second-order valence-electron chi connectivity index (χ2n) is 11.7. The predicted molar refractivity (Wildman–Crippen MR) is 151 cm³/mol. The normalized spacial score (nSPS) is 30.1. The molecule has 1 N–H and O–H groups in total. The molecule has 2 aromatic rings. The summed E-state index contributed by atoms with van der Waals surface area (Å²) in [6.45, 7) is 2.34. The third kappa shape index (κ3) is 4.80. The Morgan fingerprint density at radius 3 is 2.35 bits per heavy atom. The summed E-state index contributed by atoms with van der Waals surface area (Å²) >= 11 is 0. The molecule has 192 valence electrons. The van der Waals surface area contributed by atoms with E-state index < -0.39 is 0 Å². The fourth-order valence-electron chi connectivity index (χ4n) is 7.47. The number of ketones is 1. The Morgan fingerprint density at radius 2 is 1.70 bits per heavy atom. The monoisotopic (exact) mass is 493 g/mol. The first-order chi connectivity index (χ1) is 17.8. The second-order valence-corrected chi connectivity index (χ2v) is 11.7. The van der Waals surface area contributed by atoms with Gasteiger partial charge in [-0.3, -0.25) is 4.79 Å². The van der Waals surface area contributed by atoms with Crippen LogP contribution in [-0.2, 0) is 4.79 Å². The summed E-state index contributed by atoms with van der Waals surface area (Å²) < 4.78 is 0. The van der Waals surface area contributed by atoms with E-state index in [0.717, 1.165) is 44.1 Å². The van der Waals surface area contributed by atoms with Gasteiger partial charge in [-0.2, -0.15) is 0 Å². The maximum Gasteiger partial charge on any atom is 0.156 e. The zero-order valence-electron chi connectivity index (χ0n) is 22.4. The van der Waals surface area contributed by atoms with Gasteiger partial charge < -0.3 is 10.0 Å². The molecule has 6 rings (SSSR count). The molecule has 0 spiro atoms. The van der Waals surface area contributed by atoms with Crippen LogP contribution < -0.4 is 4.90 Å². The van der Waals surface area contributed by atoms with Crippen LogP contribution in [0.2, 0.25) is 0 Å².